The summed E-state index contributed by atoms with van der Waals surface area (Å²) < 4.78 is 12.1. The summed E-state index contributed by atoms with van der Waals surface area (Å²) in [6, 6.07) is 10.2. The third-order valence-electron chi connectivity index (χ3n) is 7.77. The SMILES string of the molecule is NC(=O)c1ccc2c(c1)C(=O)CC1(CCN(C(=O)c3cc(OCCO)c4ccnc(C5CC5)c4c3)CC1)O2. The summed E-state index contributed by atoms with van der Waals surface area (Å²) in [7, 11) is 0. The number of ketones is 1. The lowest BCUT2D eigenvalue weighted by Crippen LogP contribution is -2.52. The van der Waals surface area contributed by atoms with E-state index in [1.54, 1.807) is 29.3 Å². The van der Waals surface area contributed by atoms with Gasteiger partial charge in [-0.3, -0.25) is 19.4 Å². The molecule has 1 saturated heterocycles. The Bertz CT molecular complexity index is 1460. The topological polar surface area (TPSA) is 132 Å². The van der Waals surface area contributed by atoms with Crippen LogP contribution in [-0.4, -0.2) is 64.5 Å². The van der Waals surface area contributed by atoms with Gasteiger partial charge in [0.25, 0.3) is 5.91 Å². The van der Waals surface area contributed by atoms with Gasteiger partial charge in [-0.25, -0.2) is 0 Å². The van der Waals surface area contributed by atoms with Crippen LogP contribution in [0.3, 0.4) is 0 Å². The number of aromatic nitrogens is 1. The van der Waals surface area contributed by atoms with Crippen LogP contribution in [0, 0.1) is 0 Å². The molecule has 2 aromatic carbocycles. The fraction of sp³-hybridized carbons (Fsp3) is 0.379. The quantitative estimate of drug-likeness (QED) is 0.515. The number of hydrogen-bond acceptors (Lipinski definition) is 7. The number of Topliss-reactive ketones (excluding diaryl/α,β-unsaturated/α-hetero) is 1. The Morgan fingerprint density at radius 2 is 1.89 bits per heavy atom. The van der Waals surface area contributed by atoms with Crippen LogP contribution in [-0.2, 0) is 0 Å². The molecule has 0 unspecified atom stereocenters. The minimum Gasteiger partial charge on any atom is -0.491 e. The first-order chi connectivity index (χ1) is 18.4. The zero-order valence-electron chi connectivity index (χ0n) is 20.9. The van der Waals surface area contributed by atoms with Gasteiger partial charge in [0.1, 0.15) is 23.7 Å². The predicted molar refractivity (Wildman–Crippen MR) is 139 cm³/mol. The Labute approximate surface area is 219 Å². The lowest BCUT2D eigenvalue weighted by atomic mass is 9.82. The number of fused-ring (bicyclic) bond motifs is 2. The summed E-state index contributed by atoms with van der Waals surface area (Å²) in [6.45, 7) is 0.885. The predicted octanol–water partition coefficient (Wildman–Crippen LogP) is 3.22. The highest BCUT2D eigenvalue weighted by Gasteiger charge is 2.44. The Balaban J connectivity index is 1.23. The van der Waals surface area contributed by atoms with Crippen molar-refractivity contribution < 1.29 is 29.0 Å². The molecule has 3 N–H and O–H groups in total. The Hall–Kier alpha value is -3.98. The van der Waals surface area contributed by atoms with E-state index in [9.17, 15) is 19.5 Å². The van der Waals surface area contributed by atoms with Crippen molar-refractivity contribution in [1.29, 1.82) is 0 Å². The third-order valence-corrected chi connectivity index (χ3v) is 7.77. The first-order valence-corrected chi connectivity index (χ1v) is 13.0. The van der Waals surface area contributed by atoms with Crippen molar-refractivity contribution in [2.45, 2.75) is 43.6 Å². The fourth-order valence-electron chi connectivity index (χ4n) is 5.58. The number of likely N-dealkylation sites (tertiary alicyclic amines) is 1. The summed E-state index contributed by atoms with van der Waals surface area (Å²) >= 11 is 0. The zero-order valence-corrected chi connectivity index (χ0v) is 20.9. The van der Waals surface area contributed by atoms with Gasteiger partial charge in [0.05, 0.1) is 24.3 Å². The Kier molecular flexibility index (Phi) is 6.03. The second-order valence-corrected chi connectivity index (χ2v) is 10.4. The maximum atomic E-state index is 13.7. The van der Waals surface area contributed by atoms with Gasteiger partial charge in [-0.2, -0.15) is 0 Å². The number of nitrogens with two attached hydrogens (primary N) is 1. The minimum atomic E-state index is -0.684. The number of benzene rings is 2. The summed E-state index contributed by atoms with van der Waals surface area (Å²) in [5, 5.41) is 11.1. The van der Waals surface area contributed by atoms with Crippen LogP contribution in [0.4, 0.5) is 0 Å². The maximum Gasteiger partial charge on any atom is 0.254 e. The maximum absolute atomic E-state index is 13.7. The highest BCUT2D eigenvalue weighted by molar-refractivity contribution is 6.04. The number of amides is 2. The molecule has 2 fully saturated rings. The second kappa shape index (κ2) is 9.40. The van der Waals surface area contributed by atoms with E-state index in [1.165, 1.54) is 6.07 Å². The van der Waals surface area contributed by atoms with E-state index >= 15 is 0 Å². The molecule has 3 heterocycles. The van der Waals surface area contributed by atoms with E-state index in [2.05, 4.69) is 4.98 Å². The lowest BCUT2D eigenvalue weighted by Gasteiger charge is -2.44. The molecule has 9 nitrogen and oxygen atoms in total. The van der Waals surface area contributed by atoms with Crippen molar-refractivity contribution in [2.75, 3.05) is 26.3 Å². The van der Waals surface area contributed by atoms with Crippen LogP contribution in [0.25, 0.3) is 10.8 Å². The number of ether oxygens (including phenoxy) is 2. The normalized spacial score (nSPS) is 18.2. The van der Waals surface area contributed by atoms with Crippen LogP contribution in [0.15, 0.2) is 42.6 Å². The highest BCUT2D eigenvalue weighted by Crippen LogP contribution is 2.44. The van der Waals surface area contributed by atoms with Crippen molar-refractivity contribution in [2.24, 2.45) is 5.73 Å². The number of aliphatic hydroxyl groups excluding tert-OH is 1. The third kappa shape index (κ3) is 4.36. The molecule has 196 valence electrons. The van der Waals surface area contributed by atoms with Crippen LogP contribution in [0.1, 0.15) is 74.8 Å². The number of carbonyl (C=O) groups is 3. The van der Waals surface area contributed by atoms with Crippen LogP contribution < -0.4 is 15.2 Å². The van der Waals surface area contributed by atoms with Crippen molar-refractivity contribution in [1.82, 2.24) is 9.88 Å². The molecule has 6 rings (SSSR count). The van der Waals surface area contributed by atoms with Crippen LogP contribution in [0.2, 0.25) is 0 Å². The molecular weight excluding hydrogens is 486 g/mol. The van der Waals surface area contributed by atoms with Crippen molar-refractivity contribution in [3.8, 4) is 11.5 Å². The van der Waals surface area contributed by atoms with Crippen molar-refractivity contribution in [3.63, 3.8) is 0 Å². The smallest absolute Gasteiger partial charge is 0.254 e. The highest BCUT2D eigenvalue weighted by atomic mass is 16.5. The van der Waals surface area contributed by atoms with Crippen molar-refractivity contribution >= 4 is 28.4 Å². The van der Waals surface area contributed by atoms with Gasteiger partial charge in [-0.05, 0) is 49.2 Å². The van der Waals surface area contributed by atoms with Gasteiger partial charge in [-0.1, -0.05) is 0 Å². The lowest BCUT2D eigenvalue weighted by molar-refractivity contribution is -0.00571. The molecule has 0 radical (unpaired) electrons. The van der Waals surface area contributed by atoms with E-state index < -0.39 is 11.5 Å². The van der Waals surface area contributed by atoms with Gasteiger partial charge < -0.3 is 25.2 Å². The van der Waals surface area contributed by atoms with Crippen LogP contribution in [0.5, 0.6) is 11.5 Å². The number of piperidine rings is 1. The molecule has 1 aliphatic carbocycles. The zero-order chi connectivity index (χ0) is 26.4. The number of hydrogen-bond donors (Lipinski definition) is 2. The summed E-state index contributed by atoms with van der Waals surface area (Å²) in [5.74, 6) is 0.611. The van der Waals surface area contributed by atoms with Gasteiger partial charge in [-0.15, -0.1) is 0 Å². The molecule has 0 atom stereocenters. The monoisotopic (exact) mass is 515 g/mol. The molecule has 38 heavy (non-hydrogen) atoms. The number of primary amides is 1. The molecule has 9 heteroatoms. The molecule has 2 aliphatic heterocycles. The van der Waals surface area contributed by atoms with E-state index in [4.69, 9.17) is 15.2 Å². The largest absolute Gasteiger partial charge is 0.491 e. The summed E-state index contributed by atoms with van der Waals surface area (Å²) in [5.41, 5.74) is 6.82. The van der Waals surface area contributed by atoms with Gasteiger partial charge in [0.2, 0.25) is 5.91 Å². The van der Waals surface area contributed by atoms with Gasteiger partial charge in [0, 0.05) is 59.9 Å². The standard InChI is InChI=1S/C29H29N3O6/c30-27(35)18-3-4-24-22(13-18)23(34)16-29(38-24)6-9-32(10-7-29)28(36)19-14-21-20(25(15-19)37-12-11-33)5-8-31-26(21)17-1-2-17/h3-5,8,13-15,17,33H,1-2,6-7,9-12,16H2,(H2,30,35). The number of aliphatic hydroxyl groups is 1. The number of carbonyl (C=O) groups excluding carboxylic acids is 3. The number of pyridine rings is 1. The molecule has 1 spiro atoms. The van der Waals surface area contributed by atoms with Gasteiger partial charge >= 0.3 is 0 Å². The van der Waals surface area contributed by atoms with E-state index in [0.717, 1.165) is 29.3 Å². The molecular formula is C29H29N3O6. The molecule has 3 aromatic rings. The van der Waals surface area contributed by atoms with E-state index in [-0.39, 0.29) is 36.9 Å². The Morgan fingerprint density at radius 1 is 1.11 bits per heavy atom. The summed E-state index contributed by atoms with van der Waals surface area (Å²) in [4.78, 5) is 44.5. The molecule has 0 bridgehead atoms. The molecule has 2 amide bonds. The fourth-order valence-corrected chi connectivity index (χ4v) is 5.58. The number of nitrogens with zero attached hydrogens (tertiary/aromatic N) is 2. The van der Waals surface area contributed by atoms with Crippen molar-refractivity contribution in [3.05, 3.63) is 65.0 Å². The Morgan fingerprint density at radius 3 is 2.61 bits per heavy atom. The summed E-state index contributed by atoms with van der Waals surface area (Å²) in [6.07, 6.45) is 5.14. The molecule has 1 aromatic heterocycles. The first-order valence-electron chi connectivity index (χ1n) is 13.0. The minimum absolute atomic E-state index is 0.0885. The second-order valence-electron chi connectivity index (χ2n) is 10.4. The number of rotatable bonds is 6. The van der Waals surface area contributed by atoms with E-state index in [1.807, 2.05) is 12.1 Å². The van der Waals surface area contributed by atoms with Gasteiger partial charge in [0.15, 0.2) is 5.78 Å². The van der Waals surface area contributed by atoms with E-state index in [0.29, 0.717) is 54.5 Å². The van der Waals surface area contributed by atoms with Crippen LogP contribution >= 0.6 is 0 Å². The molecule has 3 aliphatic rings. The average molecular weight is 516 g/mol. The first kappa shape index (κ1) is 24.4. The average Bonchev–Trinajstić information content (AvgIpc) is 3.76. The molecule has 1 saturated carbocycles.